The molecule has 3 aliphatic carbocycles. The van der Waals surface area contributed by atoms with Crippen LogP contribution in [0.5, 0.6) is 0 Å². The van der Waals surface area contributed by atoms with Gasteiger partial charge in [0.15, 0.2) is 0 Å². The molecule has 4 aliphatic rings. The number of anilines is 1. The quantitative estimate of drug-likeness (QED) is 0.670. The predicted molar refractivity (Wildman–Crippen MR) is 122 cm³/mol. The summed E-state index contributed by atoms with van der Waals surface area (Å²) in [5, 5.41) is 3.14. The lowest BCUT2D eigenvalue weighted by Crippen LogP contribution is -2.50. The van der Waals surface area contributed by atoms with E-state index in [0.29, 0.717) is 11.3 Å². The number of amides is 2. The van der Waals surface area contributed by atoms with E-state index in [1.54, 1.807) is 0 Å². The summed E-state index contributed by atoms with van der Waals surface area (Å²) >= 11 is 0. The number of hydrogen-bond acceptors (Lipinski definition) is 3. The van der Waals surface area contributed by atoms with Crippen LogP contribution in [0.15, 0.2) is 35.9 Å². The first kappa shape index (κ1) is 21.4. The number of carbonyl (C=O) groups excluding carboxylic acids is 1. The summed E-state index contributed by atoms with van der Waals surface area (Å²) in [6.07, 6.45) is 5.87. The van der Waals surface area contributed by atoms with Gasteiger partial charge in [-0.2, -0.15) is 0 Å². The van der Waals surface area contributed by atoms with Gasteiger partial charge in [0.05, 0.1) is 13.2 Å². The fourth-order valence-electron chi connectivity index (χ4n) is 5.36. The number of rotatable bonds is 7. The van der Waals surface area contributed by atoms with Crippen molar-refractivity contribution < 1.29 is 9.53 Å². The molecule has 0 radical (unpaired) electrons. The molecule has 0 aromatic heterocycles. The molecule has 1 aromatic rings. The summed E-state index contributed by atoms with van der Waals surface area (Å²) in [6, 6.07) is 8.06. The van der Waals surface area contributed by atoms with E-state index in [1.807, 2.05) is 23.1 Å². The van der Waals surface area contributed by atoms with Gasteiger partial charge in [-0.25, -0.2) is 4.79 Å². The average Bonchev–Trinajstić information content (AvgIpc) is 2.73. The summed E-state index contributed by atoms with van der Waals surface area (Å²) in [5.41, 5.74) is 3.88. The Hall–Kier alpha value is -1.85. The molecule has 5 heteroatoms. The van der Waals surface area contributed by atoms with Crippen LogP contribution in [0.1, 0.15) is 38.7 Å². The lowest BCUT2D eigenvalue weighted by Gasteiger charge is -2.57. The summed E-state index contributed by atoms with van der Waals surface area (Å²) in [7, 11) is 0. The minimum absolute atomic E-state index is 0.0164. The zero-order valence-corrected chi connectivity index (χ0v) is 18.8. The Morgan fingerprint density at radius 3 is 2.80 bits per heavy atom. The molecule has 2 bridgehead atoms. The van der Waals surface area contributed by atoms with Crippen molar-refractivity contribution in [1.82, 2.24) is 9.80 Å². The molecule has 1 aliphatic heterocycles. The molecule has 30 heavy (non-hydrogen) atoms. The molecule has 1 saturated carbocycles. The molecule has 5 rings (SSSR count). The predicted octanol–water partition coefficient (Wildman–Crippen LogP) is 4.54. The van der Waals surface area contributed by atoms with E-state index in [2.05, 4.69) is 43.1 Å². The molecule has 5 nitrogen and oxygen atoms in total. The number of morpholine rings is 1. The molecule has 1 aromatic carbocycles. The number of fused-ring (bicyclic) bond motifs is 1. The Morgan fingerprint density at radius 2 is 2.10 bits per heavy atom. The van der Waals surface area contributed by atoms with Gasteiger partial charge in [0.25, 0.3) is 0 Å². The van der Waals surface area contributed by atoms with Crippen molar-refractivity contribution in [2.45, 2.75) is 40.0 Å². The van der Waals surface area contributed by atoms with Gasteiger partial charge in [-0.15, -0.1) is 0 Å². The maximum atomic E-state index is 13.2. The lowest BCUT2D eigenvalue weighted by molar-refractivity contribution is -0.00964. The molecule has 2 unspecified atom stereocenters. The minimum Gasteiger partial charge on any atom is -0.379 e. The second kappa shape index (κ2) is 9.11. The second-order valence-corrected chi connectivity index (χ2v) is 9.85. The van der Waals surface area contributed by atoms with Crippen LogP contribution < -0.4 is 5.32 Å². The Morgan fingerprint density at radius 1 is 1.30 bits per heavy atom. The highest BCUT2D eigenvalue weighted by molar-refractivity contribution is 5.89. The van der Waals surface area contributed by atoms with Gasteiger partial charge in [-0.05, 0) is 61.1 Å². The van der Waals surface area contributed by atoms with Crippen molar-refractivity contribution in [1.29, 1.82) is 0 Å². The van der Waals surface area contributed by atoms with Gasteiger partial charge in [-0.3, -0.25) is 4.90 Å². The zero-order valence-electron chi connectivity index (χ0n) is 18.8. The van der Waals surface area contributed by atoms with E-state index in [1.165, 1.54) is 18.4 Å². The summed E-state index contributed by atoms with van der Waals surface area (Å²) < 4.78 is 5.45. The first-order valence-electron chi connectivity index (χ1n) is 11.5. The smallest absolute Gasteiger partial charge is 0.322 e. The third kappa shape index (κ3) is 4.73. The van der Waals surface area contributed by atoms with Crippen molar-refractivity contribution in [2.75, 3.05) is 51.3 Å². The fraction of sp³-hybridized carbons (Fsp3) is 0.640. The van der Waals surface area contributed by atoms with E-state index in [9.17, 15) is 4.79 Å². The van der Waals surface area contributed by atoms with Gasteiger partial charge in [0.1, 0.15) is 0 Å². The third-order valence-corrected chi connectivity index (χ3v) is 7.52. The van der Waals surface area contributed by atoms with Gasteiger partial charge in [0, 0.05) is 38.4 Å². The fourth-order valence-corrected chi connectivity index (χ4v) is 5.36. The molecule has 164 valence electrons. The largest absolute Gasteiger partial charge is 0.379 e. The number of ether oxygens (including phenoxy) is 1. The van der Waals surface area contributed by atoms with Crippen molar-refractivity contribution in [3.63, 3.8) is 0 Å². The molecule has 1 N–H and O–H groups in total. The van der Waals surface area contributed by atoms with E-state index < -0.39 is 0 Å². The molecule has 1 saturated heterocycles. The number of benzene rings is 1. The first-order chi connectivity index (χ1) is 14.4. The van der Waals surface area contributed by atoms with Crippen LogP contribution in [0.4, 0.5) is 10.5 Å². The van der Waals surface area contributed by atoms with Gasteiger partial charge in [0.2, 0.25) is 0 Å². The number of carbonyl (C=O) groups is 1. The molecule has 2 amide bonds. The van der Waals surface area contributed by atoms with Crippen LogP contribution >= 0.6 is 0 Å². The van der Waals surface area contributed by atoms with Crippen molar-refractivity contribution in [3.8, 4) is 0 Å². The highest BCUT2D eigenvalue weighted by Gasteiger charge is 2.51. The number of aryl methyl sites for hydroxylation is 1. The van der Waals surface area contributed by atoms with Crippen molar-refractivity contribution in [3.05, 3.63) is 41.5 Å². The highest BCUT2D eigenvalue weighted by atomic mass is 16.5. The van der Waals surface area contributed by atoms with Gasteiger partial charge >= 0.3 is 6.03 Å². The SMILES string of the molecule is Cc1cccc(NC(=O)N(CCCN2CCOCC2)CC2=CCC3CC2C3(C)C)c1. The Balaban J connectivity index is 1.40. The zero-order chi connectivity index (χ0) is 21.1. The summed E-state index contributed by atoms with van der Waals surface area (Å²) in [5.74, 6) is 1.45. The number of nitrogens with one attached hydrogen (secondary N) is 1. The maximum Gasteiger partial charge on any atom is 0.322 e. The number of hydrogen-bond donors (Lipinski definition) is 1. The van der Waals surface area contributed by atoms with E-state index in [4.69, 9.17) is 4.74 Å². The molecule has 2 fully saturated rings. The molecule has 0 spiro atoms. The van der Waals surface area contributed by atoms with E-state index in [-0.39, 0.29) is 6.03 Å². The number of allylic oxidation sites excluding steroid dienone is 1. The highest BCUT2D eigenvalue weighted by Crippen LogP contribution is 2.59. The first-order valence-corrected chi connectivity index (χ1v) is 11.5. The maximum absolute atomic E-state index is 13.2. The Labute approximate surface area is 181 Å². The average molecular weight is 412 g/mol. The third-order valence-electron chi connectivity index (χ3n) is 7.52. The minimum atomic E-state index is 0.0164. The lowest BCUT2D eigenvalue weighted by atomic mass is 9.49. The number of urea groups is 1. The monoisotopic (exact) mass is 411 g/mol. The van der Waals surface area contributed by atoms with Crippen molar-refractivity contribution >= 4 is 11.7 Å². The van der Waals surface area contributed by atoms with Crippen LogP contribution in [0, 0.1) is 24.2 Å². The summed E-state index contributed by atoms with van der Waals surface area (Å²) in [4.78, 5) is 17.7. The van der Waals surface area contributed by atoms with Crippen LogP contribution in [0.25, 0.3) is 0 Å². The standard InChI is InChI=1S/C25H37N3O2/c1-19-6-4-7-22(16-19)26-24(29)28(11-5-10-27-12-14-30-15-13-27)18-20-8-9-21-17-23(20)25(21,2)3/h4,6-8,16,21,23H,5,9-15,17-18H2,1-3H3,(H,26,29). The Kier molecular flexibility index (Phi) is 6.49. The van der Waals surface area contributed by atoms with E-state index in [0.717, 1.165) is 69.5 Å². The molecule has 1 heterocycles. The van der Waals surface area contributed by atoms with Crippen molar-refractivity contribution in [2.24, 2.45) is 17.3 Å². The number of nitrogens with zero attached hydrogens (tertiary/aromatic N) is 2. The molecule has 2 atom stereocenters. The molecular formula is C25H37N3O2. The van der Waals surface area contributed by atoms with E-state index >= 15 is 0 Å². The molecular weight excluding hydrogens is 374 g/mol. The normalized spacial score (nSPS) is 25.2. The van der Waals surface area contributed by atoms with Crippen LogP contribution in [0.3, 0.4) is 0 Å². The van der Waals surface area contributed by atoms with Crippen LogP contribution in [0.2, 0.25) is 0 Å². The second-order valence-electron chi connectivity index (χ2n) is 9.85. The van der Waals surface area contributed by atoms with Crippen LogP contribution in [-0.2, 0) is 4.74 Å². The Bertz CT molecular complexity index is 782. The topological polar surface area (TPSA) is 44.8 Å². The summed E-state index contributed by atoms with van der Waals surface area (Å²) in [6.45, 7) is 13.0. The van der Waals surface area contributed by atoms with Gasteiger partial charge in [-0.1, -0.05) is 37.6 Å². The van der Waals surface area contributed by atoms with Gasteiger partial charge < -0.3 is 15.0 Å². The van der Waals surface area contributed by atoms with Crippen LogP contribution in [-0.4, -0.2) is 61.8 Å².